The van der Waals surface area contributed by atoms with Crippen LogP contribution in [-0.4, -0.2) is 11.3 Å². The largest absolute Gasteiger partial charge is 0.281 e. The summed E-state index contributed by atoms with van der Waals surface area (Å²) in [7, 11) is 0. The van der Waals surface area contributed by atoms with Gasteiger partial charge in [-0.1, -0.05) is 12.0 Å². The van der Waals surface area contributed by atoms with Crippen molar-refractivity contribution in [3.8, 4) is 0 Å². The molecule has 10 heavy (non-hydrogen) atoms. The third kappa shape index (κ3) is 4.18. The minimum absolute atomic E-state index is 0.127. The monoisotopic (exact) mass is 161 g/mol. The molecule has 56 valence electrons. The van der Waals surface area contributed by atoms with E-state index in [9.17, 15) is 4.79 Å². The van der Waals surface area contributed by atoms with E-state index in [0.29, 0.717) is 6.42 Å². The van der Waals surface area contributed by atoms with E-state index in [0.717, 1.165) is 0 Å². The van der Waals surface area contributed by atoms with Gasteiger partial charge in [0.25, 0.3) is 0 Å². The van der Waals surface area contributed by atoms with Crippen molar-refractivity contribution in [3.05, 3.63) is 10.4 Å². The lowest BCUT2D eigenvalue weighted by molar-refractivity contribution is -0.112. The number of azide groups is 1. The van der Waals surface area contributed by atoms with Gasteiger partial charge >= 0.3 is 0 Å². The van der Waals surface area contributed by atoms with Crippen LogP contribution in [0.1, 0.15) is 19.8 Å². The van der Waals surface area contributed by atoms with E-state index in [1.54, 1.807) is 0 Å². The first-order valence-corrected chi connectivity index (χ1v) is 3.31. The standard InChI is InChI=1S/C5H8ClN3O/c1-2-4(8-9-7)3-5(6)10/h4H,2-3H2,1H3. The van der Waals surface area contributed by atoms with E-state index < -0.39 is 5.24 Å². The second-order valence-electron chi connectivity index (χ2n) is 1.83. The number of hydrogen-bond donors (Lipinski definition) is 0. The lowest BCUT2D eigenvalue weighted by Gasteiger charge is -2.01. The molecule has 0 N–H and O–H groups in total. The smallest absolute Gasteiger partial charge is 0.222 e. The van der Waals surface area contributed by atoms with Gasteiger partial charge in [-0.25, -0.2) is 0 Å². The zero-order chi connectivity index (χ0) is 7.98. The van der Waals surface area contributed by atoms with Gasteiger partial charge in [0.1, 0.15) is 0 Å². The molecule has 4 nitrogen and oxygen atoms in total. The summed E-state index contributed by atoms with van der Waals surface area (Å²) < 4.78 is 0. The van der Waals surface area contributed by atoms with Gasteiger partial charge in [-0.15, -0.1) is 0 Å². The van der Waals surface area contributed by atoms with Crippen molar-refractivity contribution in [2.45, 2.75) is 25.8 Å². The highest BCUT2D eigenvalue weighted by Gasteiger charge is 2.06. The minimum Gasteiger partial charge on any atom is -0.281 e. The molecule has 0 aliphatic carbocycles. The van der Waals surface area contributed by atoms with Gasteiger partial charge in [0.15, 0.2) is 0 Å². The van der Waals surface area contributed by atoms with E-state index in [2.05, 4.69) is 10.0 Å². The van der Waals surface area contributed by atoms with Crippen molar-refractivity contribution in [1.82, 2.24) is 0 Å². The molecule has 0 aliphatic heterocycles. The third-order valence-electron chi connectivity index (χ3n) is 1.08. The van der Waals surface area contributed by atoms with Crippen LogP contribution in [0, 0.1) is 0 Å². The normalized spacial score (nSPS) is 11.8. The minimum atomic E-state index is -0.459. The van der Waals surface area contributed by atoms with Gasteiger partial charge in [0.05, 0.1) is 0 Å². The maximum absolute atomic E-state index is 10.3. The summed E-state index contributed by atoms with van der Waals surface area (Å²) in [5.41, 5.74) is 7.98. The Balaban J connectivity index is 3.82. The fraction of sp³-hybridized carbons (Fsp3) is 0.800. The van der Waals surface area contributed by atoms with E-state index in [1.807, 2.05) is 6.92 Å². The quantitative estimate of drug-likeness (QED) is 0.270. The molecule has 0 aromatic rings. The number of rotatable bonds is 4. The summed E-state index contributed by atoms with van der Waals surface area (Å²) in [4.78, 5) is 12.8. The lowest BCUT2D eigenvalue weighted by atomic mass is 10.2. The van der Waals surface area contributed by atoms with Crippen LogP contribution < -0.4 is 0 Å². The topological polar surface area (TPSA) is 65.8 Å². The van der Waals surface area contributed by atoms with Crippen molar-refractivity contribution < 1.29 is 4.79 Å². The first-order valence-electron chi connectivity index (χ1n) is 2.93. The van der Waals surface area contributed by atoms with Gasteiger partial charge in [0, 0.05) is 17.4 Å². The summed E-state index contributed by atoms with van der Waals surface area (Å²) >= 11 is 5.06. The summed E-state index contributed by atoms with van der Waals surface area (Å²) in [6.07, 6.45) is 0.768. The molecule has 0 amide bonds. The summed E-state index contributed by atoms with van der Waals surface area (Å²) in [6.45, 7) is 1.83. The van der Waals surface area contributed by atoms with Crippen LogP contribution in [-0.2, 0) is 4.79 Å². The molecule has 0 fully saturated rings. The maximum atomic E-state index is 10.3. The van der Waals surface area contributed by atoms with Crippen LogP contribution in [0.2, 0.25) is 0 Å². The average molecular weight is 162 g/mol. The number of carbonyl (C=O) groups is 1. The van der Waals surface area contributed by atoms with Crippen LogP contribution >= 0.6 is 11.6 Å². The van der Waals surface area contributed by atoms with Gasteiger partial charge in [-0.3, -0.25) is 4.79 Å². The Morgan fingerprint density at radius 1 is 1.90 bits per heavy atom. The van der Waals surface area contributed by atoms with E-state index >= 15 is 0 Å². The molecule has 0 saturated carbocycles. The highest BCUT2D eigenvalue weighted by Crippen LogP contribution is 2.05. The first kappa shape index (κ1) is 9.27. The predicted octanol–water partition coefficient (Wildman–Crippen LogP) is 2.23. The van der Waals surface area contributed by atoms with Gasteiger partial charge < -0.3 is 0 Å². The molecular formula is C5H8ClN3O. The third-order valence-corrected chi connectivity index (χ3v) is 1.24. The molecule has 0 saturated heterocycles. The average Bonchev–Trinajstić information content (AvgIpc) is 1.86. The van der Waals surface area contributed by atoms with Crippen molar-refractivity contribution >= 4 is 16.8 Å². The van der Waals surface area contributed by atoms with Gasteiger partial charge in [-0.2, -0.15) is 0 Å². The molecule has 0 aliphatic rings. The lowest BCUT2D eigenvalue weighted by Crippen LogP contribution is -2.04. The fourth-order valence-electron chi connectivity index (χ4n) is 0.525. The van der Waals surface area contributed by atoms with Gasteiger partial charge in [0.2, 0.25) is 5.24 Å². The molecule has 0 bridgehead atoms. The Morgan fingerprint density at radius 3 is 2.80 bits per heavy atom. The molecule has 0 aromatic heterocycles. The molecule has 1 atom stereocenters. The van der Waals surface area contributed by atoms with Gasteiger partial charge in [-0.05, 0) is 23.6 Å². The second kappa shape index (κ2) is 5.09. The summed E-state index contributed by atoms with van der Waals surface area (Å²) in [6, 6.07) is -0.282. The molecule has 0 radical (unpaired) electrons. The number of carbonyl (C=O) groups excluding carboxylic acids is 1. The zero-order valence-corrected chi connectivity index (χ0v) is 6.38. The molecule has 0 aromatic carbocycles. The molecule has 0 heterocycles. The SMILES string of the molecule is CCC(CC(=O)Cl)N=[N+]=[N-]. The van der Waals surface area contributed by atoms with E-state index in [1.165, 1.54) is 0 Å². The molecule has 0 spiro atoms. The second-order valence-corrected chi connectivity index (χ2v) is 2.25. The zero-order valence-electron chi connectivity index (χ0n) is 5.62. The van der Waals surface area contributed by atoms with Crippen LogP contribution in [0.5, 0.6) is 0 Å². The van der Waals surface area contributed by atoms with Crippen molar-refractivity contribution in [3.63, 3.8) is 0 Å². The summed E-state index contributed by atoms with van der Waals surface area (Å²) in [5, 5.41) is 2.90. The molecular weight excluding hydrogens is 154 g/mol. The highest BCUT2D eigenvalue weighted by molar-refractivity contribution is 6.63. The van der Waals surface area contributed by atoms with E-state index in [-0.39, 0.29) is 12.5 Å². The Kier molecular flexibility index (Phi) is 4.72. The Labute approximate surface area is 63.8 Å². The number of halogens is 1. The highest BCUT2D eigenvalue weighted by atomic mass is 35.5. The Hall–Kier alpha value is -0.730. The number of nitrogens with zero attached hydrogens (tertiary/aromatic N) is 3. The van der Waals surface area contributed by atoms with E-state index in [4.69, 9.17) is 17.1 Å². The van der Waals surface area contributed by atoms with Crippen LogP contribution in [0.3, 0.4) is 0 Å². The maximum Gasteiger partial charge on any atom is 0.222 e. The molecule has 5 heteroatoms. The Morgan fingerprint density at radius 2 is 2.50 bits per heavy atom. The fourth-order valence-corrected chi connectivity index (χ4v) is 0.703. The molecule has 0 rings (SSSR count). The van der Waals surface area contributed by atoms with Crippen molar-refractivity contribution in [2.24, 2.45) is 5.11 Å². The summed E-state index contributed by atoms with van der Waals surface area (Å²) in [5.74, 6) is 0. The van der Waals surface area contributed by atoms with Crippen molar-refractivity contribution in [1.29, 1.82) is 0 Å². The first-order chi connectivity index (χ1) is 4.70. The Bertz CT molecular complexity index is 164. The van der Waals surface area contributed by atoms with Crippen LogP contribution in [0.4, 0.5) is 0 Å². The predicted molar refractivity (Wildman–Crippen MR) is 38.7 cm³/mol. The molecule has 1 unspecified atom stereocenters. The van der Waals surface area contributed by atoms with Crippen molar-refractivity contribution in [2.75, 3.05) is 0 Å². The van der Waals surface area contributed by atoms with Crippen LogP contribution in [0.15, 0.2) is 5.11 Å². The van der Waals surface area contributed by atoms with Crippen LogP contribution in [0.25, 0.3) is 10.4 Å². The number of hydrogen-bond acceptors (Lipinski definition) is 2.